The highest BCUT2D eigenvalue weighted by Gasteiger charge is 1.92. The van der Waals surface area contributed by atoms with Crippen LogP contribution in [-0.2, 0) is 12.8 Å². The largest absolute Gasteiger partial charge is 0.384 e. The third-order valence-corrected chi connectivity index (χ3v) is 1.98. The van der Waals surface area contributed by atoms with Gasteiger partial charge in [-0.15, -0.1) is 0 Å². The van der Waals surface area contributed by atoms with Crippen LogP contribution in [0.3, 0.4) is 0 Å². The molecule has 2 nitrogen and oxygen atoms in total. The molecule has 0 radical (unpaired) electrons. The number of aliphatic hydroxyl groups is 2. The van der Waals surface area contributed by atoms with E-state index >= 15 is 0 Å². The van der Waals surface area contributed by atoms with E-state index in [1.54, 1.807) is 0 Å². The Labute approximate surface area is 95.9 Å². The first-order chi connectivity index (χ1) is 7.86. The van der Waals surface area contributed by atoms with Gasteiger partial charge in [0.25, 0.3) is 0 Å². The number of hydrogen-bond acceptors (Lipinski definition) is 2. The van der Waals surface area contributed by atoms with Gasteiger partial charge in [0.1, 0.15) is 13.2 Å². The molecule has 0 aliphatic heterocycles. The van der Waals surface area contributed by atoms with Crippen LogP contribution in [0.2, 0.25) is 0 Å². The minimum Gasteiger partial charge on any atom is -0.384 e. The fourth-order valence-electron chi connectivity index (χ4n) is 1.29. The molecule has 0 saturated carbocycles. The third-order valence-electron chi connectivity index (χ3n) is 1.98. The van der Waals surface area contributed by atoms with Crippen LogP contribution < -0.4 is 0 Å². The molecule has 0 spiro atoms. The van der Waals surface area contributed by atoms with E-state index in [2.05, 4.69) is 23.7 Å². The summed E-state index contributed by atoms with van der Waals surface area (Å²) in [6.45, 7) is -0.191. The van der Waals surface area contributed by atoms with Crippen molar-refractivity contribution in [2.75, 3.05) is 13.2 Å². The first-order valence-corrected chi connectivity index (χ1v) is 5.08. The first kappa shape index (κ1) is 12.3. The second kappa shape index (κ2) is 7.54. The minimum atomic E-state index is -0.0956. The van der Waals surface area contributed by atoms with Crippen molar-refractivity contribution in [3.05, 3.63) is 35.4 Å². The van der Waals surface area contributed by atoms with Crippen LogP contribution in [0.4, 0.5) is 0 Å². The monoisotopic (exact) mass is 214 g/mol. The average Bonchev–Trinajstić information content (AvgIpc) is 2.30. The lowest BCUT2D eigenvalue weighted by Crippen LogP contribution is -1.87. The Morgan fingerprint density at radius 1 is 0.812 bits per heavy atom. The molecule has 0 saturated heterocycles. The number of hydrogen-bond donors (Lipinski definition) is 2. The van der Waals surface area contributed by atoms with Gasteiger partial charge in [-0.25, -0.2) is 0 Å². The minimum absolute atomic E-state index is 0.0956. The summed E-state index contributed by atoms with van der Waals surface area (Å²) in [7, 11) is 0. The molecule has 0 aliphatic carbocycles. The second-order valence-electron chi connectivity index (χ2n) is 3.20. The fraction of sp³-hybridized carbons (Fsp3) is 0.286. The Hall–Kier alpha value is -1.74. The molecule has 0 aliphatic rings. The SMILES string of the molecule is OCC#CCc1cccc(CC#CCO)c1. The van der Waals surface area contributed by atoms with Gasteiger partial charge in [-0.05, 0) is 11.1 Å². The standard InChI is InChI=1S/C14H14O2/c15-10-3-1-6-13-8-5-9-14(12-13)7-2-4-11-16/h5,8-9,12,15-16H,6-7,10-11H2. The Bertz CT molecular complexity index is 402. The van der Waals surface area contributed by atoms with Crippen LogP contribution in [-0.4, -0.2) is 23.4 Å². The van der Waals surface area contributed by atoms with Gasteiger partial charge in [0, 0.05) is 12.8 Å². The smallest absolute Gasteiger partial charge is 0.104 e. The van der Waals surface area contributed by atoms with Crippen LogP contribution in [0, 0.1) is 23.7 Å². The van der Waals surface area contributed by atoms with E-state index in [1.807, 2.05) is 24.3 Å². The molecule has 1 aromatic rings. The molecule has 0 fully saturated rings. The van der Waals surface area contributed by atoms with E-state index in [4.69, 9.17) is 10.2 Å². The zero-order chi connectivity index (χ0) is 11.6. The van der Waals surface area contributed by atoms with Gasteiger partial charge in [-0.3, -0.25) is 0 Å². The summed E-state index contributed by atoms with van der Waals surface area (Å²) in [5.74, 6) is 11.0. The lowest BCUT2D eigenvalue weighted by molar-refractivity contribution is 0.350. The van der Waals surface area contributed by atoms with Gasteiger partial charge < -0.3 is 10.2 Å². The van der Waals surface area contributed by atoms with Gasteiger partial charge >= 0.3 is 0 Å². The highest BCUT2D eigenvalue weighted by atomic mass is 16.3. The van der Waals surface area contributed by atoms with Crippen LogP contribution in [0.25, 0.3) is 0 Å². The maximum Gasteiger partial charge on any atom is 0.104 e. The van der Waals surface area contributed by atoms with E-state index in [0.29, 0.717) is 12.8 Å². The number of aliphatic hydroxyl groups excluding tert-OH is 2. The van der Waals surface area contributed by atoms with E-state index < -0.39 is 0 Å². The molecule has 0 heterocycles. The molecule has 0 atom stereocenters. The van der Waals surface area contributed by atoms with Crippen LogP contribution in [0.5, 0.6) is 0 Å². The van der Waals surface area contributed by atoms with Gasteiger partial charge in [0.15, 0.2) is 0 Å². The van der Waals surface area contributed by atoms with Crippen molar-refractivity contribution in [1.82, 2.24) is 0 Å². The van der Waals surface area contributed by atoms with Crippen molar-refractivity contribution in [3.63, 3.8) is 0 Å². The van der Waals surface area contributed by atoms with Gasteiger partial charge in [0.05, 0.1) is 0 Å². The Morgan fingerprint density at radius 2 is 1.31 bits per heavy atom. The van der Waals surface area contributed by atoms with Gasteiger partial charge in [-0.2, -0.15) is 0 Å². The second-order valence-corrected chi connectivity index (χ2v) is 3.20. The molecule has 16 heavy (non-hydrogen) atoms. The summed E-state index contributed by atoms with van der Waals surface area (Å²) in [6, 6.07) is 7.99. The summed E-state index contributed by atoms with van der Waals surface area (Å²) in [5, 5.41) is 17.1. The summed E-state index contributed by atoms with van der Waals surface area (Å²) >= 11 is 0. The average molecular weight is 214 g/mol. The van der Waals surface area contributed by atoms with Crippen molar-refractivity contribution < 1.29 is 10.2 Å². The Kier molecular flexibility index (Phi) is 5.81. The van der Waals surface area contributed by atoms with Crippen molar-refractivity contribution in [1.29, 1.82) is 0 Å². The molecule has 0 bridgehead atoms. The maximum absolute atomic E-state index is 8.53. The summed E-state index contributed by atoms with van der Waals surface area (Å²) < 4.78 is 0. The van der Waals surface area contributed by atoms with Gasteiger partial charge in [0.2, 0.25) is 0 Å². The zero-order valence-electron chi connectivity index (χ0n) is 9.03. The first-order valence-electron chi connectivity index (χ1n) is 5.08. The van der Waals surface area contributed by atoms with Crippen molar-refractivity contribution >= 4 is 0 Å². The van der Waals surface area contributed by atoms with Crippen molar-refractivity contribution in [3.8, 4) is 23.7 Å². The topological polar surface area (TPSA) is 40.5 Å². The Balaban J connectivity index is 2.63. The van der Waals surface area contributed by atoms with E-state index in [1.165, 1.54) is 0 Å². The molecule has 2 heteroatoms. The molecule has 2 N–H and O–H groups in total. The third kappa shape index (κ3) is 4.66. The lowest BCUT2D eigenvalue weighted by atomic mass is 10.1. The molecule has 0 amide bonds. The van der Waals surface area contributed by atoms with Crippen molar-refractivity contribution in [2.45, 2.75) is 12.8 Å². The quantitative estimate of drug-likeness (QED) is 0.714. The highest BCUT2D eigenvalue weighted by Crippen LogP contribution is 2.06. The normalized spacial score (nSPS) is 8.62. The molecule has 1 rings (SSSR count). The predicted octanol–water partition coefficient (Wildman–Crippen LogP) is 0.763. The van der Waals surface area contributed by atoms with E-state index in [9.17, 15) is 0 Å². The predicted molar refractivity (Wildman–Crippen MR) is 63.6 cm³/mol. The van der Waals surface area contributed by atoms with Gasteiger partial charge in [-0.1, -0.05) is 47.9 Å². The highest BCUT2D eigenvalue weighted by molar-refractivity contribution is 5.29. The summed E-state index contributed by atoms with van der Waals surface area (Å²) in [4.78, 5) is 0. The van der Waals surface area contributed by atoms with Crippen LogP contribution in [0.1, 0.15) is 11.1 Å². The number of rotatable bonds is 2. The lowest BCUT2D eigenvalue weighted by Gasteiger charge is -1.98. The molecular weight excluding hydrogens is 200 g/mol. The molecule has 0 aromatic heterocycles. The van der Waals surface area contributed by atoms with Crippen molar-refractivity contribution in [2.24, 2.45) is 0 Å². The van der Waals surface area contributed by atoms with Crippen LogP contribution >= 0.6 is 0 Å². The molecule has 1 aromatic carbocycles. The van der Waals surface area contributed by atoms with Crippen LogP contribution in [0.15, 0.2) is 24.3 Å². The number of benzene rings is 1. The fourth-order valence-corrected chi connectivity index (χ4v) is 1.29. The zero-order valence-corrected chi connectivity index (χ0v) is 9.03. The molecule has 0 unspecified atom stereocenters. The summed E-state index contributed by atoms with van der Waals surface area (Å²) in [5.41, 5.74) is 2.23. The maximum atomic E-state index is 8.53. The summed E-state index contributed by atoms with van der Waals surface area (Å²) in [6.07, 6.45) is 1.28. The molecular formula is C14H14O2. The Morgan fingerprint density at radius 3 is 1.75 bits per heavy atom. The molecule has 82 valence electrons. The van der Waals surface area contributed by atoms with E-state index in [-0.39, 0.29) is 13.2 Å². The van der Waals surface area contributed by atoms with E-state index in [0.717, 1.165) is 11.1 Å².